The maximum absolute atomic E-state index is 11.4. The van der Waals surface area contributed by atoms with E-state index in [1.807, 2.05) is 31.3 Å². The van der Waals surface area contributed by atoms with Crippen molar-refractivity contribution in [3.05, 3.63) is 29.8 Å². The third-order valence-electron chi connectivity index (χ3n) is 3.68. The lowest BCUT2D eigenvalue weighted by Crippen LogP contribution is -2.35. The van der Waals surface area contributed by atoms with E-state index in [4.69, 9.17) is 10.5 Å². The number of likely N-dealkylation sites (N-methyl/N-ethyl adjacent to an activating group) is 1. The van der Waals surface area contributed by atoms with Crippen LogP contribution in [0.15, 0.2) is 24.3 Å². The summed E-state index contributed by atoms with van der Waals surface area (Å²) in [7, 11) is -0.873. The summed E-state index contributed by atoms with van der Waals surface area (Å²) < 4.78 is 28.6. The van der Waals surface area contributed by atoms with Gasteiger partial charge in [-0.3, -0.25) is 4.90 Å². The molecule has 112 valence electrons. The van der Waals surface area contributed by atoms with Crippen molar-refractivity contribution in [2.24, 2.45) is 5.73 Å². The Kier molecular flexibility index (Phi) is 5.01. The summed E-state index contributed by atoms with van der Waals surface area (Å²) in [5, 5.41) is 0. The van der Waals surface area contributed by atoms with Gasteiger partial charge in [0.15, 0.2) is 9.84 Å². The normalized spacial score (nSPS) is 21.2. The van der Waals surface area contributed by atoms with Crippen molar-refractivity contribution >= 4 is 9.84 Å². The van der Waals surface area contributed by atoms with Crippen LogP contribution in [0.25, 0.3) is 0 Å². The van der Waals surface area contributed by atoms with Gasteiger partial charge in [0.1, 0.15) is 12.4 Å². The van der Waals surface area contributed by atoms with Crippen LogP contribution in [0.5, 0.6) is 5.75 Å². The molecule has 1 aromatic rings. The van der Waals surface area contributed by atoms with Gasteiger partial charge in [0, 0.05) is 19.1 Å². The topological polar surface area (TPSA) is 72.6 Å². The van der Waals surface area contributed by atoms with Crippen LogP contribution in [-0.4, -0.2) is 51.1 Å². The van der Waals surface area contributed by atoms with Gasteiger partial charge in [0.25, 0.3) is 0 Å². The largest absolute Gasteiger partial charge is 0.492 e. The van der Waals surface area contributed by atoms with Crippen molar-refractivity contribution in [2.45, 2.75) is 19.0 Å². The molecule has 2 rings (SSSR count). The number of hydrogen-bond acceptors (Lipinski definition) is 5. The molecule has 1 aliphatic heterocycles. The molecule has 1 atom stereocenters. The molecule has 0 aromatic heterocycles. The Balaban J connectivity index is 1.78. The minimum Gasteiger partial charge on any atom is -0.492 e. The smallest absolute Gasteiger partial charge is 0.151 e. The van der Waals surface area contributed by atoms with Gasteiger partial charge >= 0.3 is 0 Å². The molecular formula is C14H22N2O3S. The molecule has 0 bridgehead atoms. The molecule has 1 unspecified atom stereocenters. The summed E-state index contributed by atoms with van der Waals surface area (Å²) >= 11 is 0. The molecule has 0 aliphatic carbocycles. The van der Waals surface area contributed by atoms with Gasteiger partial charge in [-0.05, 0) is 31.2 Å². The molecule has 0 spiro atoms. The highest BCUT2D eigenvalue weighted by molar-refractivity contribution is 7.91. The van der Waals surface area contributed by atoms with Gasteiger partial charge in [-0.1, -0.05) is 12.1 Å². The first-order valence-corrected chi connectivity index (χ1v) is 8.65. The van der Waals surface area contributed by atoms with E-state index >= 15 is 0 Å². The van der Waals surface area contributed by atoms with E-state index in [1.54, 1.807) is 0 Å². The van der Waals surface area contributed by atoms with Gasteiger partial charge in [-0.15, -0.1) is 0 Å². The predicted octanol–water partition coefficient (Wildman–Crippen LogP) is 0.643. The van der Waals surface area contributed by atoms with Gasteiger partial charge in [-0.25, -0.2) is 8.42 Å². The highest BCUT2D eigenvalue weighted by Crippen LogP contribution is 2.17. The fraction of sp³-hybridized carbons (Fsp3) is 0.571. The monoisotopic (exact) mass is 298 g/mol. The lowest BCUT2D eigenvalue weighted by molar-refractivity contribution is 0.202. The highest BCUT2D eigenvalue weighted by Gasteiger charge is 2.30. The highest BCUT2D eigenvalue weighted by atomic mass is 32.2. The van der Waals surface area contributed by atoms with Crippen LogP contribution in [-0.2, 0) is 16.4 Å². The van der Waals surface area contributed by atoms with Gasteiger partial charge in [-0.2, -0.15) is 0 Å². The van der Waals surface area contributed by atoms with Crippen LogP contribution >= 0.6 is 0 Å². The Labute approximate surface area is 120 Å². The lowest BCUT2D eigenvalue weighted by atomic mass is 10.2. The number of ether oxygens (including phenoxy) is 1. The third-order valence-corrected chi connectivity index (χ3v) is 5.43. The third kappa shape index (κ3) is 4.19. The van der Waals surface area contributed by atoms with Crippen LogP contribution in [0.3, 0.4) is 0 Å². The summed E-state index contributed by atoms with van der Waals surface area (Å²) in [6, 6.07) is 7.84. The Morgan fingerprint density at radius 2 is 2.25 bits per heavy atom. The maximum Gasteiger partial charge on any atom is 0.151 e. The van der Waals surface area contributed by atoms with Crippen LogP contribution in [0.1, 0.15) is 12.0 Å². The molecule has 6 heteroatoms. The van der Waals surface area contributed by atoms with Gasteiger partial charge in [0.05, 0.1) is 11.5 Å². The molecule has 1 saturated heterocycles. The first-order chi connectivity index (χ1) is 9.50. The van der Waals surface area contributed by atoms with E-state index in [-0.39, 0.29) is 11.8 Å². The molecule has 0 saturated carbocycles. The fourth-order valence-electron chi connectivity index (χ4n) is 2.38. The maximum atomic E-state index is 11.4. The number of sulfone groups is 1. The average Bonchev–Trinajstić information content (AvgIpc) is 2.79. The van der Waals surface area contributed by atoms with Gasteiger partial charge < -0.3 is 10.5 Å². The molecule has 20 heavy (non-hydrogen) atoms. The summed E-state index contributed by atoms with van der Waals surface area (Å²) in [6.45, 7) is 1.76. The molecule has 2 N–H and O–H groups in total. The van der Waals surface area contributed by atoms with Crippen molar-refractivity contribution in [3.8, 4) is 5.75 Å². The molecule has 5 nitrogen and oxygen atoms in total. The van der Waals surface area contributed by atoms with Crippen molar-refractivity contribution < 1.29 is 13.2 Å². The SMILES string of the molecule is CN(CCOc1cccc(CN)c1)C1CCS(=O)(=O)C1. The summed E-state index contributed by atoms with van der Waals surface area (Å²) in [4.78, 5) is 2.07. The van der Waals surface area contributed by atoms with E-state index in [0.29, 0.717) is 25.4 Å². The Morgan fingerprint density at radius 3 is 2.90 bits per heavy atom. The number of hydrogen-bond donors (Lipinski definition) is 1. The quantitative estimate of drug-likeness (QED) is 0.834. The van der Waals surface area contributed by atoms with E-state index in [0.717, 1.165) is 17.7 Å². The standard InChI is InChI=1S/C14H22N2O3S/c1-16(13-5-8-20(17,18)11-13)6-7-19-14-4-2-3-12(9-14)10-15/h2-4,9,13H,5-8,10-11,15H2,1H3. The lowest BCUT2D eigenvalue weighted by Gasteiger charge is -2.22. The van der Waals surface area contributed by atoms with Crippen molar-refractivity contribution in [2.75, 3.05) is 31.7 Å². The second kappa shape index (κ2) is 6.56. The number of nitrogens with zero attached hydrogens (tertiary/aromatic N) is 1. The molecular weight excluding hydrogens is 276 g/mol. The Morgan fingerprint density at radius 1 is 1.45 bits per heavy atom. The zero-order valence-corrected chi connectivity index (χ0v) is 12.6. The van der Waals surface area contributed by atoms with E-state index in [9.17, 15) is 8.42 Å². The summed E-state index contributed by atoms with van der Waals surface area (Å²) in [5.74, 6) is 1.38. The van der Waals surface area contributed by atoms with Crippen molar-refractivity contribution in [1.29, 1.82) is 0 Å². The first kappa shape index (κ1) is 15.3. The minimum absolute atomic E-state index is 0.124. The molecule has 1 aliphatic rings. The second-order valence-corrected chi connectivity index (χ2v) is 7.47. The number of rotatable bonds is 6. The second-order valence-electron chi connectivity index (χ2n) is 5.24. The molecule has 1 aromatic carbocycles. The Bertz CT molecular complexity index is 545. The van der Waals surface area contributed by atoms with Crippen molar-refractivity contribution in [1.82, 2.24) is 4.90 Å². The zero-order valence-electron chi connectivity index (χ0n) is 11.8. The van der Waals surface area contributed by atoms with Crippen LogP contribution in [0, 0.1) is 0 Å². The van der Waals surface area contributed by atoms with Gasteiger partial charge in [0.2, 0.25) is 0 Å². The molecule has 1 fully saturated rings. The zero-order chi connectivity index (χ0) is 14.6. The molecule has 0 amide bonds. The van der Waals surface area contributed by atoms with E-state index in [1.165, 1.54) is 0 Å². The van der Waals surface area contributed by atoms with Crippen molar-refractivity contribution in [3.63, 3.8) is 0 Å². The molecule has 0 radical (unpaired) electrons. The first-order valence-electron chi connectivity index (χ1n) is 6.82. The minimum atomic E-state index is -2.82. The molecule has 1 heterocycles. The van der Waals surface area contributed by atoms with Crippen LogP contribution in [0.4, 0.5) is 0 Å². The number of nitrogens with two attached hydrogens (primary N) is 1. The summed E-state index contributed by atoms with van der Waals surface area (Å²) in [5.41, 5.74) is 6.62. The predicted molar refractivity (Wildman–Crippen MR) is 79.5 cm³/mol. The summed E-state index contributed by atoms with van der Waals surface area (Å²) in [6.07, 6.45) is 0.724. The van der Waals surface area contributed by atoms with E-state index in [2.05, 4.69) is 4.90 Å². The average molecular weight is 298 g/mol. The van der Waals surface area contributed by atoms with Crippen LogP contribution < -0.4 is 10.5 Å². The number of benzene rings is 1. The Hall–Kier alpha value is -1.11. The van der Waals surface area contributed by atoms with E-state index < -0.39 is 9.84 Å². The fourth-order valence-corrected chi connectivity index (χ4v) is 4.18. The van der Waals surface area contributed by atoms with Crippen LogP contribution in [0.2, 0.25) is 0 Å².